The third-order valence-electron chi connectivity index (χ3n) is 2.06. The molecule has 1 aromatic heterocycles. The number of aryl methyl sites for hydroxylation is 1. The Hall–Kier alpha value is -1.76. The van der Waals surface area contributed by atoms with Crippen molar-refractivity contribution in [3.63, 3.8) is 0 Å². The van der Waals surface area contributed by atoms with Crippen LogP contribution in [0.1, 0.15) is 5.56 Å². The number of rotatable bonds is 3. The molecule has 0 spiro atoms. The number of hydrogen-bond donors (Lipinski definition) is 0. The summed E-state index contributed by atoms with van der Waals surface area (Å²) in [5.74, 6) is -0.0952. The molecule has 2 rings (SSSR count). The van der Waals surface area contributed by atoms with E-state index >= 15 is 0 Å². The van der Waals surface area contributed by atoms with Crippen LogP contribution in [0.15, 0.2) is 35.5 Å². The Morgan fingerprint density at radius 1 is 1.25 bits per heavy atom. The SMILES string of the molecule is Cn1nnnc1S(=O)(=O)Cc1ccccc1. The molecule has 0 unspecified atom stereocenters. The van der Waals surface area contributed by atoms with E-state index in [4.69, 9.17) is 0 Å². The van der Waals surface area contributed by atoms with Crippen LogP contribution >= 0.6 is 0 Å². The first-order valence-corrected chi connectivity index (χ1v) is 6.24. The zero-order valence-electron chi connectivity index (χ0n) is 8.61. The van der Waals surface area contributed by atoms with Gasteiger partial charge < -0.3 is 0 Å². The fourth-order valence-electron chi connectivity index (χ4n) is 1.34. The van der Waals surface area contributed by atoms with Crippen molar-refractivity contribution in [1.82, 2.24) is 20.2 Å². The van der Waals surface area contributed by atoms with E-state index in [-0.39, 0.29) is 10.9 Å². The minimum atomic E-state index is -3.47. The molecule has 2 aromatic rings. The first kappa shape index (κ1) is 10.7. The van der Waals surface area contributed by atoms with Gasteiger partial charge in [0.25, 0.3) is 5.16 Å². The second kappa shape index (κ2) is 4.01. The lowest BCUT2D eigenvalue weighted by Gasteiger charge is -2.01. The van der Waals surface area contributed by atoms with Crippen molar-refractivity contribution in [2.75, 3.05) is 0 Å². The van der Waals surface area contributed by atoms with Gasteiger partial charge in [-0.15, -0.1) is 0 Å². The summed E-state index contributed by atoms with van der Waals surface area (Å²) in [4.78, 5) is 0. The zero-order valence-corrected chi connectivity index (χ0v) is 9.42. The minimum Gasteiger partial charge on any atom is -0.220 e. The van der Waals surface area contributed by atoms with Gasteiger partial charge in [0.15, 0.2) is 0 Å². The van der Waals surface area contributed by atoms with Gasteiger partial charge in [0.05, 0.1) is 5.75 Å². The van der Waals surface area contributed by atoms with Gasteiger partial charge in [-0.2, -0.15) is 0 Å². The van der Waals surface area contributed by atoms with Crippen LogP contribution in [0.3, 0.4) is 0 Å². The van der Waals surface area contributed by atoms with Gasteiger partial charge >= 0.3 is 0 Å². The molecule has 0 aliphatic carbocycles. The number of nitrogens with zero attached hydrogens (tertiary/aromatic N) is 4. The summed E-state index contributed by atoms with van der Waals surface area (Å²) >= 11 is 0. The highest BCUT2D eigenvalue weighted by molar-refractivity contribution is 7.90. The molecule has 0 saturated heterocycles. The standard InChI is InChI=1S/C9H10N4O2S/c1-13-9(10-11-12-13)16(14,15)7-8-5-3-2-4-6-8/h2-6H,7H2,1H3. The normalized spacial score (nSPS) is 11.6. The molecule has 0 bridgehead atoms. The lowest BCUT2D eigenvalue weighted by molar-refractivity contribution is 0.568. The second-order valence-electron chi connectivity index (χ2n) is 3.33. The second-order valence-corrected chi connectivity index (χ2v) is 5.21. The number of tetrazole rings is 1. The predicted molar refractivity (Wildman–Crippen MR) is 56.1 cm³/mol. The highest BCUT2D eigenvalue weighted by Crippen LogP contribution is 2.12. The molecule has 0 aliphatic rings. The van der Waals surface area contributed by atoms with Gasteiger partial charge in [0.1, 0.15) is 0 Å². The lowest BCUT2D eigenvalue weighted by Crippen LogP contribution is -2.11. The Labute approximate surface area is 92.8 Å². The van der Waals surface area contributed by atoms with Crippen LogP contribution in [0, 0.1) is 0 Å². The molecular weight excluding hydrogens is 228 g/mol. The van der Waals surface area contributed by atoms with Crippen LogP contribution < -0.4 is 0 Å². The largest absolute Gasteiger partial charge is 0.267 e. The fourth-order valence-corrected chi connectivity index (χ4v) is 2.70. The average molecular weight is 238 g/mol. The molecule has 0 saturated carbocycles. The van der Waals surface area contributed by atoms with Gasteiger partial charge in [0, 0.05) is 7.05 Å². The first-order valence-electron chi connectivity index (χ1n) is 4.58. The Balaban J connectivity index is 2.32. The van der Waals surface area contributed by atoms with Crippen molar-refractivity contribution < 1.29 is 8.42 Å². The Bertz CT molecular complexity index is 577. The molecule has 6 nitrogen and oxygen atoms in total. The van der Waals surface area contributed by atoms with Crippen molar-refractivity contribution in [2.45, 2.75) is 10.9 Å². The van der Waals surface area contributed by atoms with Crippen LogP contribution in [0.2, 0.25) is 0 Å². The summed E-state index contributed by atoms with van der Waals surface area (Å²) in [5.41, 5.74) is 0.713. The summed E-state index contributed by atoms with van der Waals surface area (Å²) in [6.07, 6.45) is 0. The van der Waals surface area contributed by atoms with E-state index < -0.39 is 9.84 Å². The summed E-state index contributed by atoms with van der Waals surface area (Å²) < 4.78 is 25.0. The molecule has 1 aromatic carbocycles. The molecule has 0 amide bonds. The van der Waals surface area contributed by atoms with Gasteiger partial charge in [-0.1, -0.05) is 35.4 Å². The quantitative estimate of drug-likeness (QED) is 0.762. The Kier molecular flexibility index (Phi) is 2.69. The van der Waals surface area contributed by atoms with E-state index in [2.05, 4.69) is 15.5 Å². The molecule has 0 aliphatic heterocycles. The van der Waals surface area contributed by atoms with Crippen LogP contribution in [0.4, 0.5) is 0 Å². The lowest BCUT2D eigenvalue weighted by atomic mass is 10.2. The van der Waals surface area contributed by atoms with Crippen LogP contribution in [0.25, 0.3) is 0 Å². The Morgan fingerprint density at radius 3 is 2.50 bits per heavy atom. The van der Waals surface area contributed by atoms with Crippen molar-refractivity contribution in [3.05, 3.63) is 35.9 Å². The summed E-state index contributed by atoms with van der Waals surface area (Å²) in [7, 11) is -1.98. The monoisotopic (exact) mass is 238 g/mol. The van der Waals surface area contributed by atoms with E-state index in [0.29, 0.717) is 5.56 Å². The average Bonchev–Trinajstić information content (AvgIpc) is 2.66. The maximum atomic E-state index is 11.9. The molecule has 0 atom stereocenters. The van der Waals surface area contributed by atoms with Gasteiger partial charge in [0.2, 0.25) is 9.84 Å². The minimum absolute atomic E-state index is 0.0952. The summed E-state index contributed by atoms with van der Waals surface area (Å²) in [6, 6.07) is 8.92. The number of benzene rings is 1. The highest BCUT2D eigenvalue weighted by atomic mass is 32.2. The van der Waals surface area contributed by atoms with Crippen molar-refractivity contribution in [3.8, 4) is 0 Å². The topological polar surface area (TPSA) is 77.7 Å². The van der Waals surface area contributed by atoms with E-state index in [0.717, 1.165) is 4.68 Å². The van der Waals surface area contributed by atoms with Crippen LogP contribution in [0.5, 0.6) is 0 Å². The molecule has 84 valence electrons. The molecule has 16 heavy (non-hydrogen) atoms. The summed E-state index contributed by atoms with van der Waals surface area (Å²) in [6.45, 7) is 0. The van der Waals surface area contributed by atoms with E-state index in [1.165, 1.54) is 7.05 Å². The molecule has 0 radical (unpaired) electrons. The van der Waals surface area contributed by atoms with Gasteiger partial charge in [-0.05, 0) is 16.0 Å². The van der Waals surface area contributed by atoms with Crippen molar-refractivity contribution >= 4 is 9.84 Å². The Morgan fingerprint density at radius 2 is 1.94 bits per heavy atom. The summed E-state index contributed by atoms with van der Waals surface area (Å²) in [5, 5.41) is 10.2. The number of aromatic nitrogens is 4. The van der Waals surface area contributed by atoms with Gasteiger partial charge in [-0.25, -0.2) is 13.1 Å². The first-order chi connectivity index (χ1) is 7.59. The smallest absolute Gasteiger partial charge is 0.220 e. The van der Waals surface area contributed by atoms with Crippen LogP contribution in [-0.4, -0.2) is 28.6 Å². The zero-order chi connectivity index (χ0) is 11.6. The van der Waals surface area contributed by atoms with E-state index in [9.17, 15) is 8.42 Å². The molecule has 1 heterocycles. The van der Waals surface area contributed by atoms with Crippen LogP contribution in [-0.2, 0) is 22.6 Å². The van der Waals surface area contributed by atoms with E-state index in [1.807, 2.05) is 6.07 Å². The molecular formula is C9H10N4O2S. The third-order valence-corrected chi connectivity index (χ3v) is 3.67. The molecule has 7 heteroatoms. The number of sulfone groups is 1. The van der Waals surface area contributed by atoms with E-state index in [1.54, 1.807) is 24.3 Å². The highest BCUT2D eigenvalue weighted by Gasteiger charge is 2.21. The third kappa shape index (κ3) is 2.08. The van der Waals surface area contributed by atoms with Crippen molar-refractivity contribution in [1.29, 1.82) is 0 Å². The number of hydrogen-bond acceptors (Lipinski definition) is 5. The maximum Gasteiger partial charge on any atom is 0.267 e. The molecule has 0 N–H and O–H groups in total. The molecule has 0 fully saturated rings. The van der Waals surface area contributed by atoms with Crippen molar-refractivity contribution in [2.24, 2.45) is 7.05 Å². The predicted octanol–water partition coefficient (Wildman–Crippen LogP) is 0.184. The van der Waals surface area contributed by atoms with Gasteiger partial charge in [-0.3, -0.25) is 0 Å². The maximum absolute atomic E-state index is 11.9. The fraction of sp³-hybridized carbons (Fsp3) is 0.222.